The van der Waals surface area contributed by atoms with E-state index in [9.17, 15) is 4.79 Å². The van der Waals surface area contributed by atoms with E-state index in [1.165, 1.54) is 0 Å². The average molecular weight is 325 g/mol. The molecule has 25 heavy (non-hydrogen) atoms. The Labute approximate surface area is 145 Å². The summed E-state index contributed by atoms with van der Waals surface area (Å²) in [7, 11) is 0. The van der Waals surface area contributed by atoms with E-state index in [0.717, 1.165) is 28.7 Å². The number of aldehydes is 1. The standard InChI is InChI=1S/C21H15N3O/c25-15-19-14-24(20-9-2-1-3-10-20)23-21(19)17-7-4-6-16(12-17)18-8-5-11-22-13-18/h1-15H. The maximum absolute atomic E-state index is 11.5. The van der Waals surface area contributed by atoms with Crippen molar-refractivity contribution >= 4 is 6.29 Å². The van der Waals surface area contributed by atoms with Gasteiger partial charge in [-0.3, -0.25) is 9.78 Å². The molecule has 0 N–H and O–H groups in total. The van der Waals surface area contributed by atoms with Gasteiger partial charge >= 0.3 is 0 Å². The lowest BCUT2D eigenvalue weighted by atomic mass is 10.0. The fraction of sp³-hybridized carbons (Fsp3) is 0. The first-order chi connectivity index (χ1) is 12.3. The highest BCUT2D eigenvalue weighted by atomic mass is 16.1. The van der Waals surface area contributed by atoms with Gasteiger partial charge in [0.05, 0.1) is 11.3 Å². The van der Waals surface area contributed by atoms with E-state index in [-0.39, 0.29) is 0 Å². The zero-order valence-electron chi connectivity index (χ0n) is 13.4. The van der Waals surface area contributed by atoms with Gasteiger partial charge in [0.15, 0.2) is 6.29 Å². The molecule has 0 bridgehead atoms. The monoisotopic (exact) mass is 325 g/mol. The third-order valence-electron chi connectivity index (χ3n) is 4.02. The lowest BCUT2D eigenvalue weighted by molar-refractivity contribution is 0.112. The van der Waals surface area contributed by atoms with E-state index in [1.807, 2.05) is 72.9 Å². The van der Waals surface area contributed by atoms with Gasteiger partial charge in [0.25, 0.3) is 0 Å². The summed E-state index contributed by atoms with van der Waals surface area (Å²) >= 11 is 0. The molecule has 4 nitrogen and oxygen atoms in total. The molecule has 2 aromatic heterocycles. The summed E-state index contributed by atoms with van der Waals surface area (Å²) in [6, 6.07) is 21.6. The largest absolute Gasteiger partial charge is 0.298 e. The molecule has 4 rings (SSSR count). The second-order valence-corrected chi connectivity index (χ2v) is 5.65. The number of pyridine rings is 1. The van der Waals surface area contributed by atoms with Crippen molar-refractivity contribution in [3.05, 3.63) is 90.9 Å². The quantitative estimate of drug-likeness (QED) is 0.522. The van der Waals surface area contributed by atoms with Crippen molar-refractivity contribution in [2.75, 3.05) is 0 Å². The first-order valence-electron chi connectivity index (χ1n) is 7.96. The zero-order chi connectivity index (χ0) is 17.1. The van der Waals surface area contributed by atoms with Crippen LogP contribution in [-0.2, 0) is 0 Å². The highest BCUT2D eigenvalue weighted by molar-refractivity contribution is 5.86. The number of aromatic nitrogens is 3. The molecule has 0 unspecified atom stereocenters. The number of para-hydroxylation sites is 1. The summed E-state index contributed by atoms with van der Waals surface area (Å²) < 4.78 is 1.73. The predicted octanol–water partition coefficient (Wildman–Crippen LogP) is 4.41. The van der Waals surface area contributed by atoms with Crippen LogP contribution < -0.4 is 0 Å². The van der Waals surface area contributed by atoms with Gasteiger partial charge in [0.2, 0.25) is 0 Å². The molecule has 0 fully saturated rings. The number of hydrogen-bond acceptors (Lipinski definition) is 3. The molecule has 0 aliphatic rings. The number of rotatable bonds is 4. The van der Waals surface area contributed by atoms with Crippen LogP contribution in [0.4, 0.5) is 0 Å². The maximum atomic E-state index is 11.5. The molecule has 120 valence electrons. The Balaban J connectivity index is 1.80. The van der Waals surface area contributed by atoms with Crippen molar-refractivity contribution in [3.63, 3.8) is 0 Å². The summed E-state index contributed by atoms with van der Waals surface area (Å²) in [4.78, 5) is 15.7. The molecule has 0 radical (unpaired) electrons. The zero-order valence-corrected chi connectivity index (χ0v) is 13.4. The van der Waals surface area contributed by atoms with Crippen LogP contribution in [0.5, 0.6) is 0 Å². The number of hydrogen-bond donors (Lipinski definition) is 0. The summed E-state index contributed by atoms with van der Waals surface area (Å²) in [6.07, 6.45) is 6.18. The summed E-state index contributed by atoms with van der Waals surface area (Å²) in [5.74, 6) is 0. The van der Waals surface area contributed by atoms with E-state index in [0.29, 0.717) is 11.3 Å². The van der Waals surface area contributed by atoms with E-state index >= 15 is 0 Å². The Morgan fingerprint density at radius 3 is 2.40 bits per heavy atom. The SMILES string of the molecule is O=Cc1cn(-c2ccccc2)nc1-c1cccc(-c2cccnc2)c1. The van der Waals surface area contributed by atoms with E-state index in [2.05, 4.69) is 10.1 Å². The molecule has 0 saturated heterocycles. The van der Waals surface area contributed by atoms with Crippen LogP contribution in [0.15, 0.2) is 85.3 Å². The molecule has 0 atom stereocenters. The molecule has 0 aliphatic carbocycles. The van der Waals surface area contributed by atoms with Gasteiger partial charge in [-0.15, -0.1) is 0 Å². The minimum atomic E-state index is 0.562. The topological polar surface area (TPSA) is 47.8 Å². The Morgan fingerprint density at radius 1 is 0.840 bits per heavy atom. The van der Waals surface area contributed by atoms with Crippen LogP contribution in [0, 0.1) is 0 Å². The average Bonchev–Trinajstić information content (AvgIpc) is 3.14. The van der Waals surface area contributed by atoms with Crippen LogP contribution in [0.2, 0.25) is 0 Å². The minimum absolute atomic E-state index is 0.562. The fourth-order valence-electron chi connectivity index (χ4n) is 2.79. The van der Waals surface area contributed by atoms with Crippen LogP contribution in [0.25, 0.3) is 28.1 Å². The van der Waals surface area contributed by atoms with Crippen molar-refractivity contribution < 1.29 is 4.79 Å². The van der Waals surface area contributed by atoms with Gasteiger partial charge in [-0.25, -0.2) is 4.68 Å². The van der Waals surface area contributed by atoms with Crippen molar-refractivity contribution in [1.29, 1.82) is 0 Å². The van der Waals surface area contributed by atoms with Crippen LogP contribution in [0.1, 0.15) is 10.4 Å². The Hall–Kier alpha value is -3.53. The van der Waals surface area contributed by atoms with Crippen LogP contribution in [0.3, 0.4) is 0 Å². The lowest BCUT2D eigenvalue weighted by Gasteiger charge is -2.04. The Morgan fingerprint density at radius 2 is 1.64 bits per heavy atom. The van der Waals surface area contributed by atoms with Gasteiger partial charge < -0.3 is 0 Å². The first kappa shape index (κ1) is 15.0. The predicted molar refractivity (Wildman–Crippen MR) is 97.6 cm³/mol. The van der Waals surface area contributed by atoms with Gasteiger partial charge in [-0.05, 0) is 29.8 Å². The highest BCUT2D eigenvalue weighted by Gasteiger charge is 2.12. The number of nitrogens with zero attached hydrogens (tertiary/aromatic N) is 3. The van der Waals surface area contributed by atoms with Crippen molar-refractivity contribution in [1.82, 2.24) is 14.8 Å². The summed E-state index contributed by atoms with van der Waals surface area (Å²) in [5, 5.41) is 4.63. The van der Waals surface area contributed by atoms with Crippen LogP contribution >= 0.6 is 0 Å². The number of benzene rings is 2. The second-order valence-electron chi connectivity index (χ2n) is 5.65. The Bertz CT molecular complexity index is 1010. The molecule has 0 saturated carbocycles. The van der Waals surface area contributed by atoms with Crippen molar-refractivity contribution in [2.24, 2.45) is 0 Å². The van der Waals surface area contributed by atoms with Crippen molar-refractivity contribution in [2.45, 2.75) is 0 Å². The summed E-state index contributed by atoms with van der Waals surface area (Å²) in [6.45, 7) is 0. The molecule has 4 heteroatoms. The maximum Gasteiger partial charge on any atom is 0.153 e. The fourth-order valence-corrected chi connectivity index (χ4v) is 2.79. The second kappa shape index (κ2) is 6.53. The molecule has 0 aliphatic heterocycles. The van der Waals surface area contributed by atoms with Gasteiger partial charge in [0.1, 0.15) is 5.69 Å². The van der Waals surface area contributed by atoms with Gasteiger partial charge in [0, 0.05) is 29.7 Å². The number of carbonyl (C=O) groups is 1. The first-order valence-corrected chi connectivity index (χ1v) is 7.96. The molecule has 2 heterocycles. The van der Waals surface area contributed by atoms with E-state index < -0.39 is 0 Å². The smallest absolute Gasteiger partial charge is 0.153 e. The minimum Gasteiger partial charge on any atom is -0.298 e. The van der Waals surface area contributed by atoms with E-state index in [1.54, 1.807) is 17.1 Å². The normalized spacial score (nSPS) is 10.6. The van der Waals surface area contributed by atoms with Crippen molar-refractivity contribution in [3.8, 4) is 28.1 Å². The third-order valence-corrected chi connectivity index (χ3v) is 4.02. The summed E-state index contributed by atoms with van der Waals surface area (Å²) in [5.41, 5.74) is 5.12. The van der Waals surface area contributed by atoms with Gasteiger partial charge in [-0.1, -0.05) is 42.5 Å². The molecular weight excluding hydrogens is 310 g/mol. The molecule has 0 spiro atoms. The number of carbonyl (C=O) groups excluding carboxylic acids is 1. The van der Waals surface area contributed by atoms with Crippen LogP contribution in [-0.4, -0.2) is 21.1 Å². The van der Waals surface area contributed by atoms with E-state index in [4.69, 9.17) is 0 Å². The molecule has 2 aromatic carbocycles. The highest BCUT2D eigenvalue weighted by Crippen LogP contribution is 2.27. The van der Waals surface area contributed by atoms with Gasteiger partial charge in [-0.2, -0.15) is 5.10 Å². The third kappa shape index (κ3) is 2.97. The Kier molecular flexibility index (Phi) is 3.92. The lowest BCUT2D eigenvalue weighted by Crippen LogP contribution is -1.94. The molecule has 0 amide bonds. The molecule has 4 aromatic rings. The molecular formula is C21H15N3O.